The summed E-state index contributed by atoms with van der Waals surface area (Å²) in [7, 11) is 1.28. The van der Waals surface area contributed by atoms with Crippen LogP contribution in [0.15, 0.2) is 12.1 Å². The van der Waals surface area contributed by atoms with Crippen molar-refractivity contribution in [1.29, 1.82) is 0 Å². The van der Waals surface area contributed by atoms with Crippen LogP contribution in [0.3, 0.4) is 0 Å². The molecule has 86 valence electrons. The minimum atomic E-state index is -4.45. The number of anilines is 1. The van der Waals surface area contributed by atoms with Crippen LogP contribution in [0, 0.1) is 0 Å². The van der Waals surface area contributed by atoms with Crippen molar-refractivity contribution in [3.05, 3.63) is 22.7 Å². The standard InChI is InChI=1S/C8H7ClF3NO.ClH/c1-14-7-5(9)2-4(3-6(7)13)8(10,11)12;/h2-3H,13H2,1H3;1H. The molecule has 0 unspecified atom stereocenters. The number of nitrogen functional groups attached to an aromatic ring is 1. The average Bonchev–Trinajstić information content (AvgIpc) is 2.01. The van der Waals surface area contributed by atoms with Crippen LogP contribution in [-0.2, 0) is 6.18 Å². The highest BCUT2D eigenvalue weighted by Gasteiger charge is 2.31. The number of rotatable bonds is 1. The van der Waals surface area contributed by atoms with Crippen molar-refractivity contribution < 1.29 is 17.9 Å². The molecule has 0 amide bonds. The topological polar surface area (TPSA) is 35.2 Å². The molecule has 1 rings (SSSR count). The number of nitrogens with two attached hydrogens (primary N) is 1. The summed E-state index contributed by atoms with van der Waals surface area (Å²) in [4.78, 5) is 0. The van der Waals surface area contributed by atoms with E-state index in [0.717, 1.165) is 12.1 Å². The monoisotopic (exact) mass is 261 g/mol. The van der Waals surface area contributed by atoms with Crippen molar-refractivity contribution in [3.63, 3.8) is 0 Å². The van der Waals surface area contributed by atoms with Gasteiger partial charge in [0.2, 0.25) is 0 Å². The quantitative estimate of drug-likeness (QED) is 0.787. The Morgan fingerprint density at radius 3 is 2.20 bits per heavy atom. The van der Waals surface area contributed by atoms with Gasteiger partial charge in [-0.2, -0.15) is 13.2 Å². The van der Waals surface area contributed by atoms with Crippen LogP contribution in [-0.4, -0.2) is 7.11 Å². The molecular formula is C8H8Cl2F3NO. The third kappa shape index (κ3) is 3.07. The smallest absolute Gasteiger partial charge is 0.416 e. The van der Waals surface area contributed by atoms with E-state index in [9.17, 15) is 13.2 Å². The maximum Gasteiger partial charge on any atom is 0.416 e. The third-order valence-electron chi connectivity index (χ3n) is 1.60. The normalized spacial score (nSPS) is 10.7. The molecule has 15 heavy (non-hydrogen) atoms. The lowest BCUT2D eigenvalue weighted by Crippen LogP contribution is -2.06. The van der Waals surface area contributed by atoms with E-state index in [1.165, 1.54) is 7.11 Å². The number of ether oxygens (including phenoxy) is 1. The predicted octanol–water partition coefficient (Wildman–Crippen LogP) is 3.37. The molecule has 0 aliphatic heterocycles. The molecule has 0 aromatic heterocycles. The summed E-state index contributed by atoms with van der Waals surface area (Å²) in [6, 6.07) is 1.56. The Morgan fingerprint density at radius 2 is 1.87 bits per heavy atom. The molecule has 0 bridgehead atoms. The molecule has 0 aliphatic carbocycles. The molecule has 0 spiro atoms. The SMILES string of the molecule is COc1c(N)cc(C(F)(F)F)cc1Cl.Cl. The van der Waals surface area contributed by atoms with Crippen molar-refractivity contribution in [2.24, 2.45) is 0 Å². The van der Waals surface area contributed by atoms with E-state index in [4.69, 9.17) is 22.1 Å². The van der Waals surface area contributed by atoms with E-state index in [-0.39, 0.29) is 28.9 Å². The molecule has 0 radical (unpaired) electrons. The maximum absolute atomic E-state index is 12.2. The van der Waals surface area contributed by atoms with Gasteiger partial charge in [-0.15, -0.1) is 12.4 Å². The van der Waals surface area contributed by atoms with Crippen LogP contribution in [0.5, 0.6) is 5.75 Å². The van der Waals surface area contributed by atoms with Crippen molar-refractivity contribution >= 4 is 29.7 Å². The summed E-state index contributed by atoms with van der Waals surface area (Å²) < 4.78 is 41.4. The first-order valence-corrected chi connectivity index (χ1v) is 3.94. The highest BCUT2D eigenvalue weighted by molar-refractivity contribution is 6.32. The fourth-order valence-corrected chi connectivity index (χ4v) is 1.30. The lowest BCUT2D eigenvalue weighted by molar-refractivity contribution is -0.137. The van der Waals surface area contributed by atoms with Gasteiger partial charge in [0.15, 0.2) is 5.75 Å². The van der Waals surface area contributed by atoms with Crippen molar-refractivity contribution in [3.8, 4) is 5.75 Å². The van der Waals surface area contributed by atoms with Gasteiger partial charge in [0.25, 0.3) is 0 Å². The number of benzene rings is 1. The van der Waals surface area contributed by atoms with Crippen molar-refractivity contribution in [2.45, 2.75) is 6.18 Å². The van der Waals surface area contributed by atoms with E-state index >= 15 is 0 Å². The zero-order valence-electron chi connectivity index (χ0n) is 7.56. The van der Waals surface area contributed by atoms with E-state index in [0.29, 0.717) is 0 Å². The molecule has 0 saturated heterocycles. The molecule has 0 fully saturated rings. The van der Waals surface area contributed by atoms with Crippen LogP contribution in [0.25, 0.3) is 0 Å². The molecule has 1 aromatic carbocycles. The second kappa shape index (κ2) is 4.81. The largest absolute Gasteiger partial charge is 0.493 e. The Balaban J connectivity index is 0.00000196. The first-order chi connectivity index (χ1) is 6.36. The fourth-order valence-electron chi connectivity index (χ4n) is 0.994. The van der Waals surface area contributed by atoms with Gasteiger partial charge in [-0.1, -0.05) is 11.6 Å². The van der Waals surface area contributed by atoms with Gasteiger partial charge in [0, 0.05) is 0 Å². The summed E-state index contributed by atoms with van der Waals surface area (Å²) >= 11 is 5.54. The number of halogens is 5. The van der Waals surface area contributed by atoms with E-state index < -0.39 is 11.7 Å². The second-order valence-electron chi connectivity index (χ2n) is 2.58. The van der Waals surface area contributed by atoms with Crippen LogP contribution in [0.1, 0.15) is 5.56 Å². The van der Waals surface area contributed by atoms with Crippen LogP contribution >= 0.6 is 24.0 Å². The van der Waals surface area contributed by atoms with E-state index in [1.807, 2.05) is 0 Å². The van der Waals surface area contributed by atoms with E-state index in [2.05, 4.69) is 0 Å². The third-order valence-corrected chi connectivity index (χ3v) is 1.88. The number of hydrogen-bond acceptors (Lipinski definition) is 2. The average molecular weight is 262 g/mol. The Bertz CT molecular complexity index is 331. The maximum atomic E-state index is 12.2. The van der Waals surface area contributed by atoms with Crippen LogP contribution < -0.4 is 10.5 Å². The van der Waals surface area contributed by atoms with Gasteiger partial charge in [-0.25, -0.2) is 0 Å². The molecule has 0 atom stereocenters. The molecule has 0 aliphatic rings. The molecule has 2 N–H and O–H groups in total. The fraction of sp³-hybridized carbons (Fsp3) is 0.250. The zero-order valence-corrected chi connectivity index (χ0v) is 9.13. The van der Waals surface area contributed by atoms with Crippen molar-refractivity contribution in [2.75, 3.05) is 12.8 Å². The molecule has 2 nitrogen and oxygen atoms in total. The summed E-state index contributed by atoms with van der Waals surface area (Å²) in [6.45, 7) is 0. The Kier molecular flexibility index (Phi) is 4.55. The Morgan fingerprint density at radius 1 is 1.33 bits per heavy atom. The Labute approximate surface area is 95.6 Å². The Hall–Kier alpha value is -0.810. The van der Waals surface area contributed by atoms with Crippen LogP contribution in [0.2, 0.25) is 5.02 Å². The lowest BCUT2D eigenvalue weighted by Gasteiger charge is -2.11. The molecule has 7 heteroatoms. The minimum absolute atomic E-state index is 0. The van der Waals surface area contributed by atoms with Crippen molar-refractivity contribution in [1.82, 2.24) is 0 Å². The summed E-state index contributed by atoms with van der Waals surface area (Å²) in [6.07, 6.45) is -4.45. The summed E-state index contributed by atoms with van der Waals surface area (Å²) in [5, 5.41) is -0.153. The highest BCUT2D eigenvalue weighted by atomic mass is 35.5. The first kappa shape index (κ1) is 14.2. The van der Waals surface area contributed by atoms with Gasteiger partial charge in [0.1, 0.15) is 0 Å². The molecular weight excluding hydrogens is 254 g/mol. The lowest BCUT2D eigenvalue weighted by atomic mass is 10.2. The molecule has 0 heterocycles. The highest BCUT2D eigenvalue weighted by Crippen LogP contribution is 2.38. The summed E-state index contributed by atoms with van der Waals surface area (Å²) in [5.74, 6) is 0.0552. The zero-order chi connectivity index (χ0) is 10.9. The molecule has 0 saturated carbocycles. The van der Waals surface area contributed by atoms with Gasteiger partial charge >= 0.3 is 6.18 Å². The van der Waals surface area contributed by atoms with Gasteiger partial charge in [-0.3, -0.25) is 0 Å². The van der Waals surface area contributed by atoms with Gasteiger partial charge < -0.3 is 10.5 Å². The van der Waals surface area contributed by atoms with E-state index in [1.54, 1.807) is 0 Å². The molecule has 1 aromatic rings. The van der Waals surface area contributed by atoms with Gasteiger partial charge in [-0.05, 0) is 12.1 Å². The predicted molar refractivity (Wildman–Crippen MR) is 54.7 cm³/mol. The minimum Gasteiger partial charge on any atom is -0.493 e. The number of hydrogen-bond donors (Lipinski definition) is 1. The van der Waals surface area contributed by atoms with Gasteiger partial charge in [0.05, 0.1) is 23.4 Å². The number of methoxy groups -OCH3 is 1. The first-order valence-electron chi connectivity index (χ1n) is 3.56. The second-order valence-corrected chi connectivity index (χ2v) is 2.99. The summed E-state index contributed by atoms with van der Waals surface area (Å²) in [5.41, 5.74) is 4.30. The number of alkyl halides is 3. The van der Waals surface area contributed by atoms with Crippen LogP contribution in [0.4, 0.5) is 18.9 Å².